The first-order chi connectivity index (χ1) is 7.99. The summed E-state index contributed by atoms with van der Waals surface area (Å²) >= 11 is 0. The maximum atomic E-state index is 11.0. The number of carbonyl (C=O) groups is 2. The van der Waals surface area contributed by atoms with Crippen molar-refractivity contribution in [3.63, 3.8) is 0 Å². The normalized spacial score (nSPS) is 10.5. The zero-order valence-corrected chi connectivity index (χ0v) is 9.27. The van der Waals surface area contributed by atoms with Gasteiger partial charge in [-0.2, -0.15) is 0 Å². The fourth-order valence-electron chi connectivity index (χ4n) is 1.52. The van der Waals surface area contributed by atoms with Crippen molar-refractivity contribution in [2.24, 2.45) is 0 Å². The summed E-state index contributed by atoms with van der Waals surface area (Å²) in [7, 11) is 0. The fourth-order valence-corrected chi connectivity index (χ4v) is 1.52. The zero-order valence-electron chi connectivity index (χ0n) is 9.27. The molecule has 0 unspecified atom stereocenters. The van der Waals surface area contributed by atoms with Gasteiger partial charge in [0.2, 0.25) is 17.4 Å². The molecule has 0 saturated heterocycles. The van der Waals surface area contributed by atoms with Crippen LogP contribution in [-0.2, 0) is 4.79 Å². The summed E-state index contributed by atoms with van der Waals surface area (Å²) in [5.41, 5.74) is 1.05. The molecule has 0 fully saturated rings. The summed E-state index contributed by atoms with van der Waals surface area (Å²) in [5.74, 6) is -1.92. The first-order valence-electron chi connectivity index (χ1n) is 4.90. The van der Waals surface area contributed by atoms with Crippen LogP contribution >= 0.6 is 0 Å². The number of amides is 1. The van der Waals surface area contributed by atoms with Crippen LogP contribution in [0.5, 0.6) is 0 Å². The lowest BCUT2D eigenvalue weighted by atomic mass is 10.2. The highest BCUT2D eigenvalue weighted by Gasteiger charge is 2.21. The standard InChI is InChI=1S/C11H10N2O4/c1-5-3-4-7-8(13-6(2)14)9(11(15)16)17-10(7)12-5/h3-4H,1-2H3,(H,13,14)(H,15,16). The van der Waals surface area contributed by atoms with Gasteiger partial charge in [0.05, 0.1) is 5.39 Å². The summed E-state index contributed by atoms with van der Waals surface area (Å²) in [4.78, 5) is 26.1. The molecule has 0 bridgehead atoms. The highest BCUT2D eigenvalue weighted by molar-refractivity contribution is 6.07. The minimum absolute atomic E-state index is 0.146. The van der Waals surface area contributed by atoms with Crippen LogP contribution in [0, 0.1) is 6.92 Å². The van der Waals surface area contributed by atoms with E-state index < -0.39 is 5.97 Å². The van der Waals surface area contributed by atoms with E-state index in [-0.39, 0.29) is 23.1 Å². The number of anilines is 1. The number of furan rings is 1. The monoisotopic (exact) mass is 234 g/mol. The van der Waals surface area contributed by atoms with E-state index in [0.717, 1.165) is 0 Å². The molecule has 0 radical (unpaired) electrons. The van der Waals surface area contributed by atoms with Gasteiger partial charge in [0.25, 0.3) is 0 Å². The summed E-state index contributed by atoms with van der Waals surface area (Å²) < 4.78 is 5.12. The van der Waals surface area contributed by atoms with Crippen molar-refractivity contribution < 1.29 is 19.1 Å². The Kier molecular flexibility index (Phi) is 2.55. The third kappa shape index (κ3) is 1.96. The molecule has 6 nitrogen and oxygen atoms in total. The Labute approximate surface area is 96.3 Å². The maximum absolute atomic E-state index is 11.0. The third-order valence-electron chi connectivity index (χ3n) is 2.19. The Hall–Kier alpha value is -2.37. The third-order valence-corrected chi connectivity index (χ3v) is 2.19. The van der Waals surface area contributed by atoms with Crippen molar-refractivity contribution >= 4 is 28.7 Å². The number of carbonyl (C=O) groups excluding carboxylic acids is 1. The minimum atomic E-state index is -1.25. The van der Waals surface area contributed by atoms with Crippen LogP contribution in [0.1, 0.15) is 23.2 Å². The van der Waals surface area contributed by atoms with Gasteiger partial charge < -0.3 is 14.8 Å². The van der Waals surface area contributed by atoms with E-state index in [1.165, 1.54) is 6.92 Å². The second kappa shape index (κ2) is 3.89. The number of aromatic carboxylic acids is 1. The van der Waals surface area contributed by atoms with Gasteiger partial charge in [-0.05, 0) is 19.1 Å². The second-order valence-electron chi connectivity index (χ2n) is 3.60. The molecule has 0 atom stereocenters. The second-order valence-corrected chi connectivity index (χ2v) is 3.60. The zero-order chi connectivity index (χ0) is 12.6. The number of fused-ring (bicyclic) bond motifs is 1. The molecule has 2 rings (SSSR count). The van der Waals surface area contributed by atoms with E-state index >= 15 is 0 Å². The number of hydrogen-bond donors (Lipinski definition) is 2. The molecule has 0 aromatic carbocycles. The maximum Gasteiger partial charge on any atom is 0.374 e. The van der Waals surface area contributed by atoms with Crippen molar-refractivity contribution in [3.05, 3.63) is 23.6 Å². The Morgan fingerprint density at radius 3 is 2.71 bits per heavy atom. The molecule has 1 amide bonds. The van der Waals surface area contributed by atoms with Gasteiger partial charge in [-0.3, -0.25) is 4.79 Å². The number of nitrogens with zero attached hydrogens (tertiary/aromatic N) is 1. The molecule has 0 saturated carbocycles. The molecule has 0 spiro atoms. The predicted octanol–water partition coefficient (Wildman–Crippen LogP) is 1.79. The molecule has 2 aromatic rings. The highest BCUT2D eigenvalue weighted by Crippen LogP contribution is 2.29. The Balaban J connectivity index is 2.71. The molecular weight excluding hydrogens is 224 g/mol. The molecule has 2 aromatic heterocycles. The molecule has 2 heterocycles. The number of aromatic nitrogens is 1. The van der Waals surface area contributed by atoms with Crippen LogP contribution in [0.25, 0.3) is 11.1 Å². The van der Waals surface area contributed by atoms with Crippen LogP contribution in [-0.4, -0.2) is 22.0 Å². The smallest absolute Gasteiger partial charge is 0.374 e. The van der Waals surface area contributed by atoms with Gasteiger partial charge in [-0.1, -0.05) is 0 Å². The first-order valence-corrected chi connectivity index (χ1v) is 4.90. The van der Waals surface area contributed by atoms with Gasteiger partial charge in [-0.15, -0.1) is 0 Å². The molecule has 6 heteroatoms. The average Bonchev–Trinajstić information content (AvgIpc) is 2.55. The predicted molar refractivity (Wildman–Crippen MR) is 60.0 cm³/mol. The number of carboxylic acid groups (broad SMARTS) is 1. The largest absolute Gasteiger partial charge is 0.475 e. The van der Waals surface area contributed by atoms with E-state index in [4.69, 9.17) is 9.52 Å². The summed E-state index contributed by atoms with van der Waals surface area (Å²) in [6.45, 7) is 3.06. The topological polar surface area (TPSA) is 92.4 Å². The van der Waals surface area contributed by atoms with E-state index in [0.29, 0.717) is 11.1 Å². The van der Waals surface area contributed by atoms with Crippen LogP contribution in [0.15, 0.2) is 16.5 Å². The van der Waals surface area contributed by atoms with Crippen molar-refractivity contribution in [2.45, 2.75) is 13.8 Å². The van der Waals surface area contributed by atoms with E-state index in [1.54, 1.807) is 19.1 Å². The van der Waals surface area contributed by atoms with Gasteiger partial charge in [0.1, 0.15) is 5.69 Å². The first kappa shape index (κ1) is 11.1. The highest BCUT2D eigenvalue weighted by atomic mass is 16.4. The van der Waals surface area contributed by atoms with Crippen molar-refractivity contribution in [2.75, 3.05) is 5.32 Å². The Morgan fingerprint density at radius 1 is 1.41 bits per heavy atom. The lowest BCUT2D eigenvalue weighted by Crippen LogP contribution is -2.09. The van der Waals surface area contributed by atoms with Crippen molar-refractivity contribution in [1.82, 2.24) is 4.98 Å². The number of aryl methyl sites for hydroxylation is 1. The minimum Gasteiger partial charge on any atom is -0.475 e. The number of nitrogens with one attached hydrogen (secondary N) is 1. The van der Waals surface area contributed by atoms with Gasteiger partial charge in [0, 0.05) is 12.6 Å². The van der Waals surface area contributed by atoms with E-state index in [9.17, 15) is 9.59 Å². The molecule has 0 aliphatic carbocycles. The molecule has 0 aliphatic rings. The van der Waals surface area contributed by atoms with Gasteiger partial charge in [-0.25, -0.2) is 9.78 Å². The lowest BCUT2D eigenvalue weighted by molar-refractivity contribution is -0.114. The number of hydrogen-bond acceptors (Lipinski definition) is 4. The fraction of sp³-hybridized carbons (Fsp3) is 0.182. The van der Waals surface area contributed by atoms with Crippen molar-refractivity contribution in [3.8, 4) is 0 Å². The van der Waals surface area contributed by atoms with Crippen LogP contribution in [0.2, 0.25) is 0 Å². The summed E-state index contributed by atoms with van der Waals surface area (Å²) in [6.07, 6.45) is 0. The molecule has 88 valence electrons. The van der Waals surface area contributed by atoms with Gasteiger partial charge >= 0.3 is 5.97 Å². The van der Waals surface area contributed by atoms with Crippen molar-refractivity contribution in [1.29, 1.82) is 0 Å². The quantitative estimate of drug-likeness (QED) is 0.826. The number of rotatable bonds is 2. The van der Waals surface area contributed by atoms with Crippen LogP contribution in [0.4, 0.5) is 5.69 Å². The number of carboxylic acids is 1. The molecular formula is C11H10N2O4. The van der Waals surface area contributed by atoms with Crippen LogP contribution in [0.3, 0.4) is 0 Å². The van der Waals surface area contributed by atoms with Gasteiger partial charge in [0.15, 0.2) is 0 Å². The molecule has 0 aliphatic heterocycles. The van der Waals surface area contributed by atoms with E-state index in [1.807, 2.05) is 0 Å². The average molecular weight is 234 g/mol. The summed E-state index contributed by atoms with van der Waals surface area (Å²) in [6, 6.07) is 3.38. The molecule has 2 N–H and O–H groups in total. The van der Waals surface area contributed by atoms with Crippen LogP contribution < -0.4 is 5.32 Å². The number of pyridine rings is 1. The SMILES string of the molecule is CC(=O)Nc1c(C(=O)O)oc2nc(C)ccc12. The Morgan fingerprint density at radius 2 is 2.12 bits per heavy atom. The lowest BCUT2D eigenvalue weighted by Gasteiger charge is -1.99. The summed E-state index contributed by atoms with van der Waals surface area (Å²) in [5, 5.41) is 11.9. The molecule has 17 heavy (non-hydrogen) atoms. The van der Waals surface area contributed by atoms with E-state index in [2.05, 4.69) is 10.3 Å². The Bertz CT molecular complexity index is 615.